The van der Waals surface area contributed by atoms with Crippen molar-refractivity contribution in [3.05, 3.63) is 46.9 Å². The van der Waals surface area contributed by atoms with Crippen LogP contribution in [0.4, 0.5) is 5.69 Å². The minimum atomic E-state index is -0.304. The van der Waals surface area contributed by atoms with Crippen LogP contribution in [0.15, 0.2) is 41.3 Å². The number of hydrogen-bond acceptors (Lipinski definition) is 7. The Balaban J connectivity index is 1.94. The minimum absolute atomic E-state index is 0.106. The maximum Gasteiger partial charge on any atom is 0.271 e. The number of nitrogens with one attached hydrogen (secondary N) is 1. The number of methoxy groups -OCH3 is 3. The fourth-order valence-corrected chi connectivity index (χ4v) is 3.46. The van der Waals surface area contributed by atoms with Crippen LogP contribution in [0.3, 0.4) is 0 Å². The van der Waals surface area contributed by atoms with Gasteiger partial charge in [0.05, 0.1) is 31.9 Å². The number of rotatable bonds is 5. The smallest absolute Gasteiger partial charge is 0.271 e. The van der Waals surface area contributed by atoms with E-state index in [0.29, 0.717) is 21.9 Å². The van der Waals surface area contributed by atoms with Crippen LogP contribution in [0.2, 0.25) is 0 Å². The molecule has 1 heterocycles. The number of hydrogen-bond donors (Lipinski definition) is 2. The van der Waals surface area contributed by atoms with E-state index in [1.807, 2.05) is 0 Å². The molecule has 140 valence electrons. The fourth-order valence-electron chi connectivity index (χ4n) is 2.60. The highest BCUT2D eigenvalue weighted by Gasteiger charge is 2.33. The van der Waals surface area contributed by atoms with Crippen molar-refractivity contribution < 1.29 is 24.1 Å². The third kappa shape index (κ3) is 3.56. The maximum atomic E-state index is 12.8. The van der Waals surface area contributed by atoms with Crippen molar-refractivity contribution in [2.45, 2.75) is 0 Å². The van der Waals surface area contributed by atoms with E-state index in [4.69, 9.17) is 19.6 Å². The number of carbonyl (C=O) groups excluding carboxylic acids is 1. The van der Waals surface area contributed by atoms with Crippen LogP contribution < -0.4 is 19.1 Å². The summed E-state index contributed by atoms with van der Waals surface area (Å²) < 4.78 is 15.4. The quantitative estimate of drug-likeness (QED) is 0.765. The molecular weight excluding hydrogens is 368 g/mol. The Morgan fingerprint density at radius 3 is 2.15 bits per heavy atom. The van der Waals surface area contributed by atoms with Gasteiger partial charge in [-0.05, 0) is 59.8 Å². The summed E-state index contributed by atoms with van der Waals surface area (Å²) in [4.78, 5) is 14.5. The number of benzene rings is 2. The highest BCUT2D eigenvalue weighted by molar-refractivity contribution is 8.19. The molecule has 1 saturated heterocycles. The molecule has 0 saturated carbocycles. The molecule has 1 aliphatic heterocycles. The molecule has 3 rings (SSSR count). The topological polar surface area (TPSA) is 92.1 Å². The number of aromatic hydroxyl groups is 1. The van der Waals surface area contributed by atoms with Gasteiger partial charge in [0.25, 0.3) is 5.91 Å². The summed E-state index contributed by atoms with van der Waals surface area (Å²) in [6, 6.07) is 10.1. The number of nitrogens with zero attached hydrogens (tertiary/aromatic N) is 1. The largest absolute Gasteiger partial charge is 0.502 e. The summed E-state index contributed by atoms with van der Waals surface area (Å²) in [6.07, 6.45) is 1.63. The molecule has 0 radical (unpaired) electrons. The number of thioether (sulfide) groups is 1. The average Bonchev–Trinajstić information content (AvgIpc) is 2.96. The van der Waals surface area contributed by atoms with E-state index in [9.17, 15) is 9.90 Å². The van der Waals surface area contributed by atoms with Gasteiger partial charge in [0, 0.05) is 0 Å². The zero-order valence-electron chi connectivity index (χ0n) is 15.0. The van der Waals surface area contributed by atoms with E-state index in [-0.39, 0.29) is 28.3 Å². The molecule has 8 heteroatoms. The number of amides is 1. The lowest BCUT2D eigenvalue weighted by molar-refractivity contribution is -0.113. The van der Waals surface area contributed by atoms with Gasteiger partial charge in [-0.1, -0.05) is 0 Å². The first-order valence-electron chi connectivity index (χ1n) is 7.90. The highest BCUT2D eigenvalue weighted by Crippen LogP contribution is 2.40. The van der Waals surface area contributed by atoms with E-state index in [1.165, 1.54) is 19.1 Å². The van der Waals surface area contributed by atoms with Crippen molar-refractivity contribution in [2.75, 3.05) is 26.2 Å². The highest BCUT2D eigenvalue weighted by atomic mass is 32.2. The first-order valence-corrected chi connectivity index (χ1v) is 8.71. The van der Waals surface area contributed by atoms with Crippen LogP contribution in [0.5, 0.6) is 23.0 Å². The van der Waals surface area contributed by atoms with Crippen molar-refractivity contribution in [3.8, 4) is 23.0 Å². The van der Waals surface area contributed by atoms with E-state index >= 15 is 0 Å². The third-order valence-electron chi connectivity index (χ3n) is 3.95. The number of ether oxygens (including phenoxy) is 3. The lowest BCUT2D eigenvalue weighted by atomic mass is 10.1. The molecule has 1 fully saturated rings. The Labute approximate surface area is 160 Å². The third-order valence-corrected chi connectivity index (χ3v) is 4.84. The van der Waals surface area contributed by atoms with Crippen molar-refractivity contribution >= 4 is 34.6 Å². The van der Waals surface area contributed by atoms with Crippen LogP contribution in [0.1, 0.15) is 5.56 Å². The predicted molar refractivity (Wildman–Crippen MR) is 105 cm³/mol. The average molecular weight is 386 g/mol. The second-order valence-corrected chi connectivity index (χ2v) is 6.56. The SMILES string of the molecule is COc1ccc(N2C(=N)S/C(=C\c3cc(OC)c(O)c(OC)c3)C2=O)cc1. The van der Waals surface area contributed by atoms with E-state index in [2.05, 4.69) is 0 Å². The molecule has 0 atom stereocenters. The summed E-state index contributed by atoms with van der Waals surface area (Å²) in [5.41, 5.74) is 1.20. The molecule has 2 aromatic carbocycles. The Morgan fingerprint density at radius 1 is 1.04 bits per heavy atom. The van der Waals surface area contributed by atoms with Crippen molar-refractivity contribution in [2.24, 2.45) is 0 Å². The van der Waals surface area contributed by atoms with Crippen LogP contribution in [0.25, 0.3) is 6.08 Å². The minimum Gasteiger partial charge on any atom is -0.502 e. The molecule has 27 heavy (non-hydrogen) atoms. The Bertz CT molecular complexity index is 899. The Morgan fingerprint density at radius 2 is 1.63 bits per heavy atom. The lowest BCUT2D eigenvalue weighted by Gasteiger charge is -2.14. The molecule has 1 amide bonds. The fraction of sp³-hybridized carbons (Fsp3) is 0.158. The van der Waals surface area contributed by atoms with Gasteiger partial charge in [0.1, 0.15) is 5.75 Å². The standard InChI is InChI=1S/C19H18N2O5S/c1-24-13-6-4-12(5-7-13)21-18(23)16(27-19(21)20)10-11-8-14(25-2)17(22)15(9-11)26-3/h4-10,20,22H,1-3H3/b16-10-,20-19?. The molecule has 0 aromatic heterocycles. The van der Waals surface area contributed by atoms with Crippen LogP contribution >= 0.6 is 11.8 Å². The van der Waals surface area contributed by atoms with Crippen molar-refractivity contribution in [1.82, 2.24) is 0 Å². The van der Waals surface area contributed by atoms with E-state index < -0.39 is 0 Å². The first kappa shape index (κ1) is 18.7. The summed E-state index contributed by atoms with van der Waals surface area (Å²) >= 11 is 1.06. The summed E-state index contributed by atoms with van der Waals surface area (Å²) in [7, 11) is 4.43. The van der Waals surface area contributed by atoms with Crippen molar-refractivity contribution in [1.29, 1.82) is 5.41 Å². The van der Waals surface area contributed by atoms with Gasteiger partial charge < -0.3 is 19.3 Å². The molecule has 2 aromatic rings. The molecule has 0 bridgehead atoms. The normalized spacial score (nSPS) is 15.4. The molecule has 0 unspecified atom stereocenters. The first-order chi connectivity index (χ1) is 13.0. The zero-order valence-corrected chi connectivity index (χ0v) is 15.8. The number of anilines is 1. The molecule has 2 N–H and O–H groups in total. The van der Waals surface area contributed by atoms with Gasteiger partial charge >= 0.3 is 0 Å². The second kappa shape index (κ2) is 7.63. The second-order valence-electron chi connectivity index (χ2n) is 5.53. The molecule has 0 aliphatic carbocycles. The number of carbonyl (C=O) groups is 1. The summed E-state index contributed by atoms with van der Waals surface area (Å²) in [6.45, 7) is 0. The van der Waals surface area contributed by atoms with Gasteiger partial charge in [0.2, 0.25) is 5.75 Å². The van der Waals surface area contributed by atoms with Gasteiger partial charge in [-0.2, -0.15) is 0 Å². The van der Waals surface area contributed by atoms with Gasteiger partial charge in [-0.15, -0.1) is 0 Å². The Hall–Kier alpha value is -3.13. The number of phenols is 1. The molecule has 0 spiro atoms. The number of phenolic OH excluding ortho intramolecular Hbond substituents is 1. The monoisotopic (exact) mass is 386 g/mol. The van der Waals surface area contributed by atoms with E-state index in [0.717, 1.165) is 11.8 Å². The van der Waals surface area contributed by atoms with Gasteiger partial charge in [-0.25, -0.2) is 0 Å². The summed E-state index contributed by atoms with van der Waals surface area (Å²) in [5.74, 6) is 0.724. The zero-order chi connectivity index (χ0) is 19.6. The van der Waals surface area contributed by atoms with E-state index in [1.54, 1.807) is 49.6 Å². The van der Waals surface area contributed by atoms with Crippen LogP contribution in [-0.2, 0) is 4.79 Å². The van der Waals surface area contributed by atoms with Crippen LogP contribution in [-0.4, -0.2) is 37.5 Å². The van der Waals surface area contributed by atoms with Gasteiger partial charge in [0.15, 0.2) is 16.7 Å². The van der Waals surface area contributed by atoms with Crippen LogP contribution in [0, 0.1) is 5.41 Å². The molecule has 7 nitrogen and oxygen atoms in total. The molecule has 1 aliphatic rings. The Kier molecular flexibility index (Phi) is 5.27. The van der Waals surface area contributed by atoms with Crippen molar-refractivity contribution in [3.63, 3.8) is 0 Å². The maximum absolute atomic E-state index is 12.8. The van der Waals surface area contributed by atoms with Gasteiger partial charge in [-0.3, -0.25) is 15.1 Å². The number of amidine groups is 1. The predicted octanol–water partition coefficient (Wildman–Crippen LogP) is 3.47. The summed E-state index contributed by atoms with van der Waals surface area (Å²) in [5, 5.41) is 18.3. The lowest BCUT2D eigenvalue weighted by Crippen LogP contribution is -2.27. The molecular formula is C19H18N2O5S.